The van der Waals surface area contributed by atoms with E-state index >= 15 is 0 Å². The van der Waals surface area contributed by atoms with Gasteiger partial charge in [-0.25, -0.2) is 0 Å². The molecule has 28 heavy (non-hydrogen) atoms. The molecule has 0 saturated carbocycles. The number of aryl methyl sites for hydroxylation is 1. The van der Waals surface area contributed by atoms with Crippen LogP contribution in [0.4, 0.5) is 11.4 Å². The smallest absolute Gasteiger partial charge is 0.291 e. The first-order valence-electron chi connectivity index (χ1n) is 9.78. The zero-order valence-corrected chi connectivity index (χ0v) is 16.6. The lowest BCUT2D eigenvalue weighted by Gasteiger charge is -2.32. The molecule has 5 heteroatoms. The van der Waals surface area contributed by atoms with Gasteiger partial charge in [0.2, 0.25) is 0 Å². The summed E-state index contributed by atoms with van der Waals surface area (Å²) in [7, 11) is 1.62. The predicted molar refractivity (Wildman–Crippen MR) is 113 cm³/mol. The molecule has 1 aromatic heterocycles. The average molecular weight is 378 g/mol. The van der Waals surface area contributed by atoms with Gasteiger partial charge in [-0.2, -0.15) is 0 Å². The summed E-state index contributed by atoms with van der Waals surface area (Å²) in [6.45, 7) is 6.38. The maximum atomic E-state index is 12.7. The van der Waals surface area contributed by atoms with Gasteiger partial charge in [0, 0.05) is 35.4 Å². The topological polar surface area (TPSA) is 54.7 Å². The number of piperidine rings is 1. The molecule has 1 N–H and O–H groups in total. The van der Waals surface area contributed by atoms with Gasteiger partial charge in [-0.1, -0.05) is 6.92 Å². The zero-order valence-electron chi connectivity index (χ0n) is 16.6. The number of benzene rings is 2. The van der Waals surface area contributed by atoms with Crippen LogP contribution < -0.4 is 15.0 Å². The highest BCUT2D eigenvalue weighted by Gasteiger charge is 2.19. The Labute approximate surface area is 165 Å². The summed E-state index contributed by atoms with van der Waals surface area (Å²) in [6.07, 6.45) is 2.46. The number of ether oxygens (including phenoxy) is 1. The highest BCUT2D eigenvalue weighted by Crippen LogP contribution is 2.30. The van der Waals surface area contributed by atoms with E-state index in [1.165, 1.54) is 18.5 Å². The summed E-state index contributed by atoms with van der Waals surface area (Å²) >= 11 is 0. The van der Waals surface area contributed by atoms with Gasteiger partial charge in [0.25, 0.3) is 5.91 Å². The van der Waals surface area contributed by atoms with Crippen LogP contribution in [-0.2, 0) is 0 Å². The van der Waals surface area contributed by atoms with Crippen LogP contribution in [0.5, 0.6) is 5.75 Å². The van der Waals surface area contributed by atoms with Gasteiger partial charge in [-0.05, 0) is 68.1 Å². The summed E-state index contributed by atoms with van der Waals surface area (Å²) < 4.78 is 11.0. The molecule has 0 radical (unpaired) electrons. The second-order valence-electron chi connectivity index (χ2n) is 7.59. The van der Waals surface area contributed by atoms with Crippen LogP contribution in [0.3, 0.4) is 0 Å². The minimum absolute atomic E-state index is 0.243. The Morgan fingerprint density at radius 1 is 1.14 bits per heavy atom. The van der Waals surface area contributed by atoms with Gasteiger partial charge >= 0.3 is 0 Å². The lowest BCUT2D eigenvalue weighted by Crippen LogP contribution is -2.32. The Hall–Kier alpha value is -2.95. The number of hydrogen-bond acceptors (Lipinski definition) is 4. The normalized spacial score (nSPS) is 15.0. The van der Waals surface area contributed by atoms with Gasteiger partial charge < -0.3 is 19.4 Å². The number of anilines is 2. The molecule has 2 aromatic carbocycles. The van der Waals surface area contributed by atoms with Crippen molar-refractivity contribution < 1.29 is 13.9 Å². The van der Waals surface area contributed by atoms with E-state index in [1.54, 1.807) is 7.11 Å². The van der Waals surface area contributed by atoms with Gasteiger partial charge in [-0.15, -0.1) is 0 Å². The molecular formula is C23H26N2O3. The van der Waals surface area contributed by atoms with Crippen LogP contribution in [0.25, 0.3) is 11.0 Å². The van der Waals surface area contributed by atoms with Crippen LogP contribution in [0.15, 0.2) is 46.9 Å². The van der Waals surface area contributed by atoms with E-state index in [2.05, 4.69) is 29.3 Å². The molecule has 1 aliphatic rings. The lowest BCUT2D eigenvalue weighted by molar-refractivity contribution is 0.0998. The van der Waals surface area contributed by atoms with E-state index in [0.29, 0.717) is 11.3 Å². The number of nitrogens with zero attached hydrogens (tertiary/aromatic N) is 1. The number of amides is 1. The van der Waals surface area contributed by atoms with Crippen LogP contribution in [0.2, 0.25) is 0 Å². The molecule has 0 atom stereocenters. The number of carbonyl (C=O) groups is 1. The number of hydrogen-bond donors (Lipinski definition) is 1. The van der Waals surface area contributed by atoms with Crippen molar-refractivity contribution in [3.05, 3.63) is 53.8 Å². The van der Waals surface area contributed by atoms with E-state index in [9.17, 15) is 4.79 Å². The van der Waals surface area contributed by atoms with Gasteiger partial charge in [-0.3, -0.25) is 4.79 Å². The molecule has 2 heterocycles. The summed E-state index contributed by atoms with van der Waals surface area (Å²) in [6, 6.07) is 13.6. The van der Waals surface area contributed by atoms with E-state index in [1.807, 2.05) is 37.3 Å². The van der Waals surface area contributed by atoms with Crippen molar-refractivity contribution in [1.82, 2.24) is 0 Å². The Morgan fingerprint density at radius 2 is 1.86 bits per heavy atom. The first-order valence-corrected chi connectivity index (χ1v) is 9.78. The Balaban J connectivity index is 1.49. The molecular weight excluding hydrogens is 352 g/mol. The number of furan rings is 1. The van der Waals surface area contributed by atoms with Gasteiger partial charge in [0.1, 0.15) is 11.3 Å². The third kappa shape index (κ3) is 3.57. The van der Waals surface area contributed by atoms with Crippen molar-refractivity contribution in [3.63, 3.8) is 0 Å². The summed E-state index contributed by atoms with van der Waals surface area (Å²) in [5.74, 6) is 1.64. The second kappa shape index (κ2) is 7.58. The third-order valence-electron chi connectivity index (χ3n) is 5.62. The highest BCUT2D eigenvalue weighted by molar-refractivity contribution is 6.06. The number of rotatable bonds is 4. The molecule has 5 nitrogen and oxygen atoms in total. The Bertz CT molecular complexity index is 983. The molecule has 1 fully saturated rings. The van der Waals surface area contributed by atoms with Gasteiger partial charge in [0.05, 0.1) is 7.11 Å². The quantitative estimate of drug-likeness (QED) is 0.675. The van der Waals surface area contributed by atoms with E-state index < -0.39 is 0 Å². The third-order valence-corrected chi connectivity index (χ3v) is 5.62. The Kier molecular flexibility index (Phi) is 4.99. The minimum atomic E-state index is -0.243. The summed E-state index contributed by atoms with van der Waals surface area (Å²) in [5.41, 5.74) is 3.46. The van der Waals surface area contributed by atoms with Crippen molar-refractivity contribution >= 4 is 28.3 Å². The number of fused-ring (bicyclic) bond motifs is 1. The van der Waals surface area contributed by atoms with Crippen molar-refractivity contribution in [1.29, 1.82) is 0 Å². The van der Waals surface area contributed by atoms with Crippen LogP contribution in [0.1, 0.15) is 35.9 Å². The van der Waals surface area contributed by atoms with Gasteiger partial charge in [0.15, 0.2) is 5.76 Å². The minimum Gasteiger partial charge on any atom is -0.497 e. The van der Waals surface area contributed by atoms with E-state index in [0.717, 1.165) is 41.4 Å². The van der Waals surface area contributed by atoms with Crippen molar-refractivity contribution in [2.45, 2.75) is 26.7 Å². The average Bonchev–Trinajstić information content (AvgIpc) is 3.05. The molecule has 3 aromatic rings. The fourth-order valence-electron chi connectivity index (χ4n) is 3.75. The molecule has 0 spiro atoms. The standard InChI is InChI=1S/C23H26N2O3/c1-15-10-12-25(13-11-15)18-6-4-17(5-7-18)24-23(26)22-16(2)20-14-19(27-3)8-9-21(20)28-22/h4-9,14-15H,10-13H2,1-3H3,(H,24,26). The first-order chi connectivity index (χ1) is 13.5. The second-order valence-corrected chi connectivity index (χ2v) is 7.59. The molecule has 1 saturated heterocycles. The monoisotopic (exact) mass is 378 g/mol. The van der Waals surface area contributed by atoms with Crippen LogP contribution >= 0.6 is 0 Å². The lowest BCUT2D eigenvalue weighted by atomic mass is 9.99. The number of methoxy groups -OCH3 is 1. The van der Waals surface area contributed by atoms with Crippen molar-refractivity contribution in [3.8, 4) is 5.75 Å². The zero-order chi connectivity index (χ0) is 19.7. The predicted octanol–water partition coefficient (Wildman–Crippen LogP) is 5.24. The Morgan fingerprint density at radius 3 is 2.54 bits per heavy atom. The molecule has 1 amide bonds. The van der Waals surface area contributed by atoms with Crippen LogP contribution in [-0.4, -0.2) is 26.1 Å². The fourth-order valence-corrected chi connectivity index (χ4v) is 3.75. The van der Waals surface area contributed by atoms with Crippen molar-refractivity contribution in [2.75, 3.05) is 30.4 Å². The molecule has 0 unspecified atom stereocenters. The molecule has 4 rings (SSSR count). The van der Waals surface area contributed by atoms with E-state index in [-0.39, 0.29) is 5.91 Å². The molecule has 0 aliphatic carbocycles. The largest absolute Gasteiger partial charge is 0.497 e. The summed E-state index contributed by atoms with van der Waals surface area (Å²) in [4.78, 5) is 15.1. The molecule has 0 bridgehead atoms. The maximum absolute atomic E-state index is 12.7. The SMILES string of the molecule is COc1ccc2oc(C(=O)Nc3ccc(N4CCC(C)CC4)cc3)c(C)c2c1. The van der Waals surface area contributed by atoms with E-state index in [4.69, 9.17) is 9.15 Å². The fraction of sp³-hybridized carbons (Fsp3) is 0.348. The number of carbonyl (C=O) groups excluding carboxylic acids is 1. The maximum Gasteiger partial charge on any atom is 0.291 e. The van der Waals surface area contributed by atoms with Crippen molar-refractivity contribution in [2.24, 2.45) is 5.92 Å². The molecule has 146 valence electrons. The first kappa shape index (κ1) is 18.4. The highest BCUT2D eigenvalue weighted by atomic mass is 16.5. The number of nitrogens with one attached hydrogen (secondary N) is 1. The summed E-state index contributed by atoms with van der Waals surface area (Å²) in [5, 5.41) is 3.83. The van der Waals surface area contributed by atoms with Crippen LogP contribution in [0, 0.1) is 12.8 Å². The molecule has 1 aliphatic heterocycles.